The lowest BCUT2D eigenvalue weighted by molar-refractivity contribution is -0.0517. The van der Waals surface area contributed by atoms with Crippen molar-refractivity contribution < 1.29 is 0 Å². The minimum absolute atomic E-state index is 0.375. The van der Waals surface area contributed by atoms with Crippen LogP contribution in [0, 0.1) is 29.6 Å². The van der Waals surface area contributed by atoms with Crippen LogP contribution in [0.15, 0.2) is 24.3 Å². The Morgan fingerprint density at radius 2 is 1.67 bits per heavy atom. The van der Waals surface area contributed by atoms with E-state index in [0.717, 1.165) is 41.0 Å². The van der Waals surface area contributed by atoms with Crippen molar-refractivity contribution in [3.05, 3.63) is 34.9 Å². The van der Waals surface area contributed by atoms with Gasteiger partial charge in [-0.1, -0.05) is 29.8 Å². The van der Waals surface area contributed by atoms with Crippen LogP contribution in [0.3, 0.4) is 0 Å². The van der Waals surface area contributed by atoms with Gasteiger partial charge in [-0.15, -0.1) is 0 Å². The molecule has 5 rings (SSSR count). The Balaban J connectivity index is 1.55. The number of nitrogens with one attached hydrogen (secondary N) is 1. The van der Waals surface area contributed by atoms with Crippen LogP contribution in [0.2, 0.25) is 5.02 Å². The molecule has 0 heterocycles. The van der Waals surface area contributed by atoms with Gasteiger partial charge >= 0.3 is 0 Å². The maximum atomic E-state index is 6.35. The Bertz CT molecular complexity index is 488. The molecule has 114 valence electrons. The molecule has 0 saturated heterocycles. The van der Waals surface area contributed by atoms with Gasteiger partial charge in [-0.3, -0.25) is 11.3 Å². The van der Waals surface area contributed by atoms with Gasteiger partial charge < -0.3 is 0 Å². The highest BCUT2D eigenvalue weighted by Crippen LogP contribution is 2.57. The molecule has 4 fully saturated rings. The van der Waals surface area contributed by atoms with E-state index in [4.69, 9.17) is 17.4 Å². The molecule has 4 aliphatic rings. The van der Waals surface area contributed by atoms with Crippen molar-refractivity contribution in [3.8, 4) is 0 Å². The first-order chi connectivity index (χ1) is 10.2. The van der Waals surface area contributed by atoms with Gasteiger partial charge in [-0.05, 0) is 79.7 Å². The predicted molar refractivity (Wildman–Crippen MR) is 86.8 cm³/mol. The minimum Gasteiger partial charge on any atom is -0.271 e. The van der Waals surface area contributed by atoms with E-state index in [9.17, 15) is 0 Å². The normalized spacial score (nSPS) is 38.7. The van der Waals surface area contributed by atoms with Crippen LogP contribution in [-0.4, -0.2) is 6.04 Å². The molecule has 0 spiro atoms. The van der Waals surface area contributed by atoms with E-state index in [0.29, 0.717) is 6.04 Å². The van der Waals surface area contributed by atoms with E-state index in [1.807, 2.05) is 12.1 Å². The zero-order valence-electron chi connectivity index (χ0n) is 12.5. The quantitative estimate of drug-likeness (QED) is 0.656. The monoisotopic (exact) mass is 304 g/mol. The van der Waals surface area contributed by atoms with E-state index in [2.05, 4.69) is 17.6 Å². The lowest BCUT2D eigenvalue weighted by Crippen LogP contribution is -2.55. The van der Waals surface area contributed by atoms with E-state index in [1.54, 1.807) is 0 Å². The first kappa shape index (κ1) is 14.0. The molecule has 0 aliphatic heterocycles. The molecular formula is C18H25ClN2. The lowest BCUT2D eigenvalue weighted by atomic mass is 9.50. The van der Waals surface area contributed by atoms with Crippen molar-refractivity contribution in [2.45, 2.75) is 44.6 Å². The number of nitrogens with two attached hydrogens (primary N) is 1. The Morgan fingerprint density at radius 1 is 1.05 bits per heavy atom. The summed E-state index contributed by atoms with van der Waals surface area (Å²) in [5.74, 6) is 10.5. The molecule has 0 amide bonds. The topological polar surface area (TPSA) is 38.0 Å². The molecule has 1 unspecified atom stereocenters. The van der Waals surface area contributed by atoms with Gasteiger partial charge in [0.15, 0.2) is 0 Å². The second kappa shape index (κ2) is 5.57. The summed E-state index contributed by atoms with van der Waals surface area (Å²) in [6.45, 7) is 0. The first-order valence-electron chi connectivity index (χ1n) is 8.44. The summed E-state index contributed by atoms with van der Waals surface area (Å²) in [7, 11) is 0. The SMILES string of the molecule is NNC(Cc1ccccc1Cl)C1C2CC3CC(C2)CC1C3. The minimum atomic E-state index is 0.375. The largest absolute Gasteiger partial charge is 0.271 e. The smallest absolute Gasteiger partial charge is 0.0438 e. The van der Waals surface area contributed by atoms with Gasteiger partial charge in [0.25, 0.3) is 0 Å². The molecule has 1 atom stereocenters. The number of hydrogen-bond acceptors (Lipinski definition) is 2. The summed E-state index contributed by atoms with van der Waals surface area (Å²) in [5, 5.41) is 0.876. The average molecular weight is 305 g/mol. The summed E-state index contributed by atoms with van der Waals surface area (Å²) < 4.78 is 0. The molecule has 3 heteroatoms. The van der Waals surface area contributed by atoms with Gasteiger partial charge in [0.05, 0.1) is 0 Å². The fourth-order valence-electron chi connectivity index (χ4n) is 5.83. The highest BCUT2D eigenvalue weighted by atomic mass is 35.5. The Hall–Kier alpha value is -0.570. The molecular weight excluding hydrogens is 280 g/mol. The number of hydrogen-bond donors (Lipinski definition) is 2. The van der Waals surface area contributed by atoms with Crippen LogP contribution in [0.4, 0.5) is 0 Å². The molecule has 4 aliphatic carbocycles. The van der Waals surface area contributed by atoms with Gasteiger partial charge in [-0.25, -0.2) is 0 Å². The Morgan fingerprint density at radius 3 is 2.24 bits per heavy atom. The van der Waals surface area contributed by atoms with Gasteiger partial charge in [-0.2, -0.15) is 0 Å². The number of rotatable bonds is 4. The second-order valence-electron chi connectivity index (χ2n) is 7.58. The summed E-state index contributed by atoms with van der Waals surface area (Å²) in [5.41, 5.74) is 4.38. The lowest BCUT2D eigenvalue weighted by Gasteiger charge is -2.56. The van der Waals surface area contributed by atoms with Crippen LogP contribution in [0.1, 0.15) is 37.7 Å². The van der Waals surface area contributed by atoms with Crippen LogP contribution < -0.4 is 11.3 Å². The molecule has 0 aromatic heterocycles. The van der Waals surface area contributed by atoms with E-state index < -0.39 is 0 Å². The number of benzene rings is 1. The maximum absolute atomic E-state index is 6.35. The predicted octanol–water partition coefficient (Wildman–Crippen LogP) is 3.79. The van der Waals surface area contributed by atoms with Crippen molar-refractivity contribution in [2.24, 2.45) is 35.4 Å². The van der Waals surface area contributed by atoms with Crippen LogP contribution in [0.25, 0.3) is 0 Å². The second-order valence-corrected chi connectivity index (χ2v) is 7.98. The van der Waals surface area contributed by atoms with E-state index >= 15 is 0 Å². The van der Waals surface area contributed by atoms with Crippen LogP contribution >= 0.6 is 11.6 Å². The van der Waals surface area contributed by atoms with Crippen LogP contribution in [0.5, 0.6) is 0 Å². The van der Waals surface area contributed by atoms with Gasteiger partial charge in [0.1, 0.15) is 0 Å². The fourth-order valence-corrected chi connectivity index (χ4v) is 6.04. The fraction of sp³-hybridized carbons (Fsp3) is 0.667. The van der Waals surface area contributed by atoms with Crippen molar-refractivity contribution in [1.82, 2.24) is 5.43 Å². The highest BCUT2D eigenvalue weighted by Gasteiger charge is 2.50. The van der Waals surface area contributed by atoms with Crippen molar-refractivity contribution in [2.75, 3.05) is 0 Å². The van der Waals surface area contributed by atoms with Crippen molar-refractivity contribution >= 4 is 11.6 Å². The standard InChI is InChI=1S/C18H25ClN2/c19-16-4-2-1-3-13(16)10-17(21-20)18-14-6-11-5-12(8-14)9-15(18)7-11/h1-4,11-12,14-15,17-18,21H,5-10,20H2. The van der Waals surface area contributed by atoms with Crippen molar-refractivity contribution in [1.29, 1.82) is 0 Å². The third kappa shape index (κ3) is 2.52. The molecule has 4 bridgehead atoms. The Labute approximate surface area is 132 Å². The summed E-state index contributed by atoms with van der Waals surface area (Å²) in [4.78, 5) is 0. The molecule has 1 aromatic rings. The molecule has 0 radical (unpaired) electrons. The molecule has 2 nitrogen and oxygen atoms in total. The molecule has 3 N–H and O–H groups in total. The summed E-state index contributed by atoms with van der Waals surface area (Å²) >= 11 is 6.35. The number of hydrazine groups is 1. The molecule has 1 aromatic carbocycles. The highest BCUT2D eigenvalue weighted by molar-refractivity contribution is 6.31. The maximum Gasteiger partial charge on any atom is 0.0438 e. The van der Waals surface area contributed by atoms with E-state index in [1.165, 1.54) is 37.7 Å². The van der Waals surface area contributed by atoms with E-state index in [-0.39, 0.29) is 0 Å². The zero-order valence-corrected chi connectivity index (χ0v) is 13.2. The average Bonchev–Trinajstić information content (AvgIpc) is 2.47. The van der Waals surface area contributed by atoms with Crippen LogP contribution in [-0.2, 0) is 6.42 Å². The first-order valence-corrected chi connectivity index (χ1v) is 8.82. The molecule has 21 heavy (non-hydrogen) atoms. The summed E-state index contributed by atoms with van der Waals surface area (Å²) in [6, 6.07) is 8.58. The Kier molecular flexibility index (Phi) is 3.72. The summed E-state index contributed by atoms with van der Waals surface area (Å²) in [6.07, 6.45) is 8.24. The number of halogens is 1. The molecule has 4 saturated carbocycles. The third-order valence-corrected chi connectivity index (χ3v) is 6.74. The van der Waals surface area contributed by atoms with Gasteiger partial charge in [0, 0.05) is 11.1 Å². The van der Waals surface area contributed by atoms with Gasteiger partial charge in [0.2, 0.25) is 0 Å². The zero-order chi connectivity index (χ0) is 14.4. The third-order valence-electron chi connectivity index (χ3n) is 6.38. The van der Waals surface area contributed by atoms with Crippen molar-refractivity contribution in [3.63, 3.8) is 0 Å².